The molecule has 0 aliphatic heterocycles. The van der Waals surface area contributed by atoms with Crippen molar-refractivity contribution in [2.45, 2.75) is 26.4 Å². The van der Waals surface area contributed by atoms with Gasteiger partial charge in [0, 0.05) is 24.2 Å². The van der Waals surface area contributed by atoms with E-state index < -0.39 is 0 Å². The number of nitrogens with zero attached hydrogens (tertiary/aromatic N) is 2. The minimum atomic E-state index is 0.417. The molecule has 0 unspecified atom stereocenters. The Hall–Kier alpha value is -1.35. The molecule has 0 saturated carbocycles. The molecule has 0 fully saturated rings. The summed E-state index contributed by atoms with van der Waals surface area (Å²) in [5.41, 5.74) is 2.39. The Bertz CT molecular complexity index is 457. The summed E-state index contributed by atoms with van der Waals surface area (Å²) in [6.07, 6.45) is 2.13. The van der Waals surface area contributed by atoms with Crippen LogP contribution in [-0.2, 0) is 6.54 Å². The van der Waals surface area contributed by atoms with Gasteiger partial charge in [-0.15, -0.1) is 0 Å². The number of hydrogen-bond acceptors (Lipinski definition) is 2. The highest BCUT2D eigenvalue weighted by atomic mass is 15.3. The molecule has 0 atom stereocenters. The summed E-state index contributed by atoms with van der Waals surface area (Å²) in [6, 6.07) is 6.69. The summed E-state index contributed by atoms with van der Waals surface area (Å²) in [7, 11) is 1.96. The fourth-order valence-corrected chi connectivity index (χ4v) is 1.73. The van der Waals surface area contributed by atoms with Crippen LogP contribution in [0.15, 0.2) is 24.4 Å². The van der Waals surface area contributed by atoms with Crippen molar-refractivity contribution in [1.29, 1.82) is 0 Å². The number of benzene rings is 1. The average molecular weight is 203 g/mol. The van der Waals surface area contributed by atoms with Crippen molar-refractivity contribution < 1.29 is 0 Å². The Labute approximate surface area is 90.1 Å². The van der Waals surface area contributed by atoms with Crippen LogP contribution in [0.25, 0.3) is 10.9 Å². The molecule has 3 nitrogen and oxygen atoms in total. The number of fused-ring (bicyclic) bond motifs is 1. The Morgan fingerprint density at radius 3 is 2.87 bits per heavy atom. The molecule has 0 saturated heterocycles. The van der Waals surface area contributed by atoms with E-state index in [9.17, 15) is 0 Å². The highest BCUT2D eigenvalue weighted by Gasteiger charge is 2.06. The Kier molecular flexibility index (Phi) is 2.73. The van der Waals surface area contributed by atoms with Gasteiger partial charge in [0.25, 0.3) is 0 Å². The molecule has 1 heterocycles. The number of aromatic nitrogens is 2. The van der Waals surface area contributed by atoms with Crippen molar-refractivity contribution in [3.05, 3.63) is 30.0 Å². The van der Waals surface area contributed by atoms with Crippen molar-refractivity contribution >= 4 is 10.9 Å². The zero-order valence-corrected chi connectivity index (χ0v) is 9.49. The first-order valence-electron chi connectivity index (χ1n) is 5.33. The molecule has 0 amide bonds. The van der Waals surface area contributed by atoms with Gasteiger partial charge in [-0.3, -0.25) is 4.68 Å². The van der Waals surface area contributed by atoms with E-state index in [0.29, 0.717) is 6.04 Å². The van der Waals surface area contributed by atoms with Gasteiger partial charge in [0.05, 0.1) is 5.52 Å². The van der Waals surface area contributed by atoms with E-state index in [1.807, 2.05) is 11.7 Å². The molecule has 15 heavy (non-hydrogen) atoms. The highest BCUT2D eigenvalue weighted by molar-refractivity contribution is 5.81. The van der Waals surface area contributed by atoms with Crippen molar-refractivity contribution in [2.24, 2.45) is 0 Å². The molecule has 2 rings (SSSR count). The van der Waals surface area contributed by atoms with E-state index in [4.69, 9.17) is 0 Å². The summed E-state index contributed by atoms with van der Waals surface area (Å²) in [4.78, 5) is 0. The summed E-state index contributed by atoms with van der Waals surface area (Å²) in [6.45, 7) is 5.17. The largest absolute Gasteiger partial charge is 0.316 e. The summed E-state index contributed by atoms with van der Waals surface area (Å²) in [5, 5.41) is 8.97. The third kappa shape index (κ3) is 1.88. The van der Waals surface area contributed by atoms with E-state index in [0.717, 1.165) is 12.1 Å². The second-order valence-electron chi connectivity index (χ2n) is 4.08. The van der Waals surface area contributed by atoms with Gasteiger partial charge in [0.2, 0.25) is 0 Å². The SMILES string of the molecule is CNCc1cccc2nn(C(C)C)cc12. The maximum absolute atomic E-state index is 4.54. The smallest absolute Gasteiger partial charge is 0.0926 e. The lowest BCUT2D eigenvalue weighted by atomic mass is 10.1. The molecular formula is C12H17N3. The van der Waals surface area contributed by atoms with E-state index in [2.05, 4.69) is 48.7 Å². The molecule has 0 spiro atoms. The van der Waals surface area contributed by atoms with Crippen LogP contribution in [0.4, 0.5) is 0 Å². The lowest BCUT2D eigenvalue weighted by molar-refractivity contribution is 0.537. The second kappa shape index (κ2) is 4.03. The standard InChI is InChI=1S/C12H17N3/c1-9(2)15-8-11-10(7-13-3)5-4-6-12(11)14-15/h4-6,8-9,13H,7H2,1-3H3. The predicted octanol–water partition coefficient (Wildman–Crippen LogP) is 2.34. The van der Waals surface area contributed by atoms with Gasteiger partial charge in [-0.2, -0.15) is 5.10 Å². The van der Waals surface area contributed by atoms with Crippen molar-refractivity contribution in [2.75, 3.05) is 7.05 Å². The van der Waals surface area contributed by atoms with E-state index in [1.54, 1.807) is 0 Å². The quantitative estimate of drug-likeness (QED) is 0.829. The average Bonchev–Trinajstić information content (AvgIpc) is 2.63. The molecule has 3 heteroatoms. The molecular weight excluding hydrogens is 186 g/mol. The van der Waals surface area contributed by atoms with E-state index >= 15 is 0 Å². The van der Waals surface area contributed by atoms with Crippen LogP contribution >= 0.6 is 0 Å². The number of nitrogens with one attached hydrogen (secondary N) is 1. The summed E-state index contributed by atoms with van der Waals surface area (Å²) in [5.74, 6) is 0. The fourth-order valence-electron chi connectivity index (χ4n) is 1.73. The summed E-state index contributed by atoms with van der Waals surface area (Å²) < 4.78 is 2.02. The van der Waals surface area contributed by atoms with Gasteiger partial charge in [0.1, 0.15) is 0 Å². The topological polar surface area (TPSA) is 29.9 Å². The molecule has 2 aromatic rings. The van der Waals surface area contributed by atoms with E-state index in [-0.39, 0.29) is 0 Å². The van der Waals surface area contributed by atoms with Gasteiger partial charge in [-0.1, -0.05) is 12.1 Å². The minimum absolute atomic E-state index is 0.417. The first-order valence-corrected chi connectivity index (χ1v) is 5.33. The van der Waals surface area contributed by atoms with E-state index in [1.165, 1.54) is 10.9 Å². The van der Waals surface area contributed by atoms with Gasteiger partial charge < -0.3 is 5.32 Å². The zero-order valence-electron chi connectivity index (χ0n) is 9.49. The van der Waals surface area contributed by atoms with Crippen molar-refractivity contribution in [3.63, 3.8) is 0 Å². The molecule has 1 aromatic carbocycles. The number of rotatable bonds is 3. The van der Waals surface area contributed by atoms with Crippen LogP contribution in [0.5, 0.6) is 0 Å². The highest BCUT2D eigenvalue weighted by Crippen LogP contribution is 2.19. The molecule has 0 aliphatic carbocycles. The first-order chi connectivity index (χ1) is 7.22. The third-order valence-electron chi connectivity index (χ3n) is 2.55. The van der Waals surface area contributed by atoms with Crippen LogP contribution in [-0.4, -0.2) is 16.8 Å². The molecule has 0 radical (unpaired) electrons. The van der Waals surface area contributed by atoms with Gasteiger partial charge in [-0.25, -0.2) is 0 Å². The monoisotopic (exact) mass is 203 g/mol. The Morgan fingerprint density at radius 1 is 1.40 bits per heavy atom. The Morgan fingerprint density at radius 2 is 2.20 bits per heavy atom. The molecule has 0 bridgehead atoms. The maximum Gasteiger partial charge on any atom is 0.0926 e. The first kappa shape index (κ1) is 10.2. The number of hydrogen-bond donors (Lipinski definition) is 1. The molecule has 1 N–H and O–H groups in total. The third-order valence-corrected chi connectivity index (χ3v) is 2.55. The van der Waals surface area contributed by atoms with Crippen LogP contribution in [0.3, 0.4) is 0 Å². The summed E-state index contributed by atoms with van der Waals surface area (Å²) >= 11 is 0. The van der Waals surface area contributed by atoms with Crippen molar-refractivity contribution in [3.8, 4) is 0 Å². The van der Waals surface area contributed by atoms with Crippen LogP contribution in [0.1, 0.15) is 25.5 Å². The van der Waals surface area contributed by atoms with Gasteiger partial charge in [0.15, 0.2) is 0 Å². The zero-order chi connectivity index (χ0) is 10.8. The normalized spacial score (nSPS) is 11.5. The minimum Gasteiger partial charge on any atom is -0.316 e. The fraction of sp³-hybridized carbons (Fsp3) is 0.417. The maximum atomic E-state index is 4.54. The lowest BCUT2D eigenvalue weighted by Gasteiger charge is -2.02. The lowest BCUT2D eigenvalue weighted by Crippen LogP contribution is -2.04. The van der Waals surface area contributed by atoms with Crippen molar-refractivity contribution in [1.82, 2.24) is 15.1 Å². The predicted molar refractivity (Wildman–Crippen MR) is 62.9 cm³/mol. The van der Waals surface area contributed by atoms with Crippen LogP contribution < -0.4 is 5.32 Å². The second-order valence-corrected chi connectivity index (χ2v) is 4.08. The van der Waals surface area contributed by atoms with Crippen LogP contribution in [0.2, 0.25) is 0 Å². The molecule has 80 valence electrons. The Balaban J connectivity index is 2.54. The van der Waals surface area contributed by atoms with Crippen LogP contribution in [0, 0.1) is 0 Å². The van der Waals surface area contributed by atoms with Gasteiger partial charge in [-0.05, 0) is 32.5 Å². The molecule has 1 aromatic heterocycles. The molecule has 0 aliphatic rings. The van der Waals surface area contributed by atoms with Gasteiger partial charge >= 0.3 is 0 Å².